The third-order valence-corrected chi connectivity index (χ3v) is 3.51. The smallest absolute Gasteiger partial charge is 0.266 e. The number of unbranched alkanes of at least 4 members (excludes halogenated alkanes) is 1. The number of nitrogens with zero attached hydrogens (tertiary/aromatic N) is 3. The van der Waals surface area contributed by atoms with Gasteiger partial charge in [-0.25, -0.2) is 0 Å². The summed E-state index contributed by atoms with van der Waals surface area (Å²) < 4.78 is 5.29. The third-order valence-electron chi connectivity index (χ3n) is 3.51. The molecular formula is C13H24N4O. The van der Waals surface area contributed by atoms with E-state index in [2.05, 4.69) is 22.0 Å². The van der Waals surface area contributed by atoms with Crippen LogP contribution in [-0.4, -0.2) is 23.2 Å². The van der Waals surface area contributed by atoms with E-state index < -0.39 is 0 Å². The highest BCUT2D eigenvalue weighted by Crippen LogP contribution is 2.20. The maximum atomic E-state index is 6.04. The Balaban J connectivity index is 1.95. The highest BCUT2D eigenvalue weighted by Gasteiger charge is 2.19. The standard InChI is InChI=1S/C13H24N4O/c1-2-3-8-11(14)12-15-13(16-18-12)17-9-6-4-5-7-10-17/h11H,2-10,14H2,1H3/t11-/m0/s1. The molecule has 0 aromatic carbocycles. The van der Waals surface area contributed by atoms with Gasteiger partial charge >= 0.3 is 0 Å². The Bertz CT molecular complexity index is 345. The Morgan fingerprint density at radius 1 is 1.28 bits per heavy atom. The van der Waals surface area contributed by atoms with Crippen molar-refractivity contribution in [3.8, 4) is 0 Å². The molecule has 0 unspecified atom stereocenters. The summed E-state index contributed by atoms with van der Waals surface area (Å²) in [7, 11) is 0. The number of nitrogens with two attached hydrogens (primary N) is 1. The number of hydrogen-bond donors (Lipinski definition) is 1. The molecule has 0 aliphatic carbocycles. The number of hydrogen-bond acceptors (Lipinski definition) is 5. The quantitative estimate of drug-likeness (QED) is 0.872. The molecule has 2 rings (SSSR count). The van der Waals surface area contributed by atoms with E-state index in [4.69, 9.17) is 10.3 Å². The van der Waals surface area contributed by atoms with E-state index in [0.717, 1.165) is 38.3 Å². The second kappa shape index (κ2) is 6.73. The predicted molar refractivity (Wildman–Crippen MR) is 71.4 cm³/mol. The summed E-state index contributed by atoms with van der Waals surface area (Å²) in [5, 5.41) is 4.07. The SMILES string of the molecule is CCCC[C@H](N)c1nc(N2CCCCCC2)no1. The van der Waals surface area contributed by atoms with E-state index in [1.54, 1.807) is 0 Å². The third kappa shape index (κ3) is 3.45. The van der Waals surface area contributed by atoms with Gasteiger partial charge in [-0.3, -0.25) is 0 Å². The summed E-state index contributed by atoms with van der Waals surface area (Å²) in [5.41, 5.74) is 6.04. The zero-order chi connectivity index (χ0) is 12.8. The minimum atomic E-state index is -0.113. The van der Waals surface area contributed by atoms with E-state index >= 15 is 0 Å². The van der Waals surface area contributed by atoms with Crippen molar-refractivity contribution in [3.05, 3.63) is 5.89 Å². The van der Waals surface area contributed by atoms with Crippen LogP contribution in [0.2, 0.25) is 0 Å². The lowest BCUT2D eigenvalue weighted by atomic mass is 10.1. The summed E-state index contributed by atoms with van der Waals surface area (Å²) in [6, 6.07) is -0.113. The molecule has 2 N–H and O–H groups in total. The van der Waals surface area contributed by atoms with Crippen LogP contribution < -0.4 is 10.6 Å². The van der Waals surface area contributed by atoms with Crippen molar-refractivity contribution in [2.24, 2.45) is 5.73 Å². The molecule has 0 saturated carbocycles. The Hall–Kier alpha value is -1.10. The first kappa shape index (κ1) is 13.3. The van der Waals surface area contributed by atoms with Crippen LogP contribution in [0, 0.1) is 0 Å². The van der Waals surface area contributed by atoms with Crippen LogP contribution in [0.1, 0.15) is 63.8 Å². The molecule has 1 saturated heterocycles. The van der Waals surface area contributed by atoms with Gasteiger partial charge in [0.05, 0.1) is 6.04 Å². The van der Waals surface area contributed by atoms with E-state index in [9.17, 15) is 0 Å². The molecule has 18 heavy (non-hydrogen) atoms. The number of anilines is 1. The van der Waals surface area contributed by atoms with Crippen molar-refractivity contribution in [3.63, 3.8) is 0 Å². The molecule has 0 amide bonds. The second-order valence-corrected chi connectivity index (χ2v) is 5.08. The van der Waals surface area contributed by atoms with Gasteiger partial charge in [-0.05, 0) is 24.4 Å². The fourth-order valence-electron chi connectivity index (χ4n) is 2.32. The van der Waals surface area contributed by atoms with Gasteiger partial charge in [0.15, 0.2) is 0 Å². The highest BCUT2D eigenvalue weighted by atomic mass is 16.5. The first-order valence-electron chi connectivity index (χ1n) is 7.15. The fraction of sp³-hybridized carbons (Fsp3) is 0.846. The molecule has 2 heterocycles. The first-order chi connectivity index (χ1) is 8.81. The Labute approximate surface area is 109 Å². The molecule has 1 aliphatic rings. The van der Waals surface area contributed by atoms with Crippen molar-refractivity contribution in [2.75, 3.05) is 18.0 Å². The Morgan fingerprint density at radius 2 is 2.00 bits per heavy atom. The molecule has 0 bridgehead atoms. The lowest BCUT2D eigenvalue weighted by Gasteiger charge is -2.16. The van der Waals surface area contributed by atoms with E-state index in [-0.39, 0.29) is 6.04 Å². The Kier molecular flexibility index (Phi) is 4.99. The van der Waals surface area contributed by atoms with Crippen LogP contribution in [-0.2, 0) is 0 Å². The van der Waals surface area contributed by atoms with Crippen LogP contribution in [0.4, 0.5) is 5.95 Å². The van der Waals surface area contributed by atoms with Gasteiger partial charge in [0, 0.05) is 13.1 Å². The highest BCUT2D eigenvalue weighted by molar-refractivity contribution is 5.27. The number of aromatic nitrogens is 2. The fourth-order valence-corrected chi connectivity index (χ4v) is 2.32. The average Bonchev–Trinajstić information content (AvgIpc) is 2.72. The van der Waals surface area contributed by atoms with Crippen LogP contribution in [0.15, 0.2) is 4.52 Å². The molecule has 0 spiro atoms. The largest absolute Gasteiger partial charge is 0.338 e. The molecule has 5 heteroatoms. The van der Waals surface area contributed by atoms with Crippen molar-refractivity contribution in [1.82, 2.24) is 10.1 Å². The molecular weight excluding hydrogens is 228 g/mol. The minimum absolute atomic E-state index is 0.113. The Morgan fingerprint density at radius 3 is 2.67 bits per heavy atom. The first-order valence-corrected chi connectivity index (χ1v) is 7.15. The van der Waals surface area contributed by atoms with Gasteiger partial charge < -0.3 is 15.2 Å². The second-order valence-electron chi connectivity index (χ2n) is 5.08. The van der Waals surface area contributed by atoms with Crippen molar-refractivity contribution in [2.45, 2.75) is 57.9 Å². The monoisotopic (exact) mass is 252 g/mol. The van der Waals surface area contributed by atoms with Crippen molar-refractivity contribution in [1.29, 1.82) is 0 Å². The lowest BCUT2D eigenvalue weighted by Crippen LogP contribution is -2.25. The predicted octanol–water partition coefficient (Wildman–Crippen LogP) is 2.64. The van der Waals surface area contributed by atoms with E-state index in [1.165, 1.54) is 25.7 Å². The van der Waals surface area contributed by atoms with Gasteiger partial charge in [-0.2, -0.15) is 4.98 Å². The van der Waals surface area contributed by atoms with Crippen LogP contribution in [0.5, 0.6) is 0 Å². The average molecular weight is 252 g/mol. The summed E-state index contributed by atoms with van der Waals surface area (Å²) in [4.78, 5) is 6.67. The van der Waals surface area contributed by atoms with Gasteiger partial charge in [0.2, 0.25) is 5.89 Å². The normalized spacial score (nSPS) is 18.7. The van der Waals surface area contributed by atoms with Gasteiger partial charge in [0.1, 0.15) is 0 Å². The molecule has 1 fully saturated rings. The summed E-state index contributed by atoms with van der Waals surface area (Å²) in [6.45, 7) is 4.22. The molecule has 1 atom stereocenters. The van der Waals surface area contributed by atoms with Crippen molar-refractivity contribution < 1.29 is 4.52 Å². The van der Waals surface area contributed by atoms with Gasteiger partial charge in [-0.15, -0.1) is 0 Å². The zero-order valence-electron chi connectivity index (χ0n) is 11.3. The van der Waals surface area contributed by atoms with Crippen LogP contribution in [0.25, 0.3) is 0 Å². The molecule has 1 aromatic rings. The minimum Gasteiger partial charge on any atom is -0.338 e. The summed E-state index contributed by atoms with van der Waals surface area (Å²) in [6.07, 6.45) is 8.19. The zero-order valence-corrected chi connectivity index (χ0v) is 11.3. The number of rotatable bonds is 5. The van der Waals surface area contributed by atoms with Gasteiger partial charge in [0.25, 0.3) is 5.95 Å². The lowest BCUT2D eigenvalue weighted by molar-refractivity contribution is 0.345. The van der Waals surface area contributed by atoms with Gasteiger partial charge in [-0.1, -0.05) is 32.6 Å². The van der Waals surface area contributed by atoms with E-state index in [0.29, 0.717) is 5.89 Å². The molecule has 5 nitrogen and oxygen atoms in total. The molecule has 1 aliphatic heterocycles. The maximum Gasteiger partial charge on any atom is 0.266 e. The van der Waals surface area contributed by atoms with Crippen molar-refractivity contribution >= 4 is 5.95 Å². The summed E-state index contributed by atoms with van der Waals surface area (Å²) in [5.74, 6) is 1.31. The maximum absolute atomic E-state index is 6.04. The molecule has 0 radical (unpaired) electrons. The van der Waals surface area contributed by atoms with E-state index in [1.807, 2.05) is 0 Å². The van der Waals surface area contributed by atoms with Crippen LogP contribution in [0.3, 0.4) is 0 Å². The topological polar surface area (TPSA) is 68.2 Å². The molecule has 102 valence electrons. The van der Waals surface area contributed by atoms with Crippen LogP contribution >= 0.6 is 0 Å². The summed E-state index contributed by atoms with van der Waals surface area (Å²) >= 11 is 0. The molecule has 1 aromatic heterocycles.